The van der Waals surface area contributed by atoms with Crippen LogP contribution < -0.4 is 5.73 Å². The first-order chi connectivity index (χ1) is 8.20. The standard InChI is InChI=1S/C11H12F4N2O/c1-6(11(13,14)15)18-5-7-2-8(10(16)17)4-9(12)3-7/h2-4,6H,5H2,1H3,(H3,16,17). The fourth-order valence-corrected chi connectivity index (χ4v) is 1.20. The number of alkyl halides is 3. The number of nitrogens with two attached hydrogens (primary N) is 1. The van der Waals surface area contributed by atoms with Gasteiger partial charge in [-0.1, -0.05) is 0 Å². The molecule has 0 radical (unpaired) electrons. The molecule has 0 fully saturated rings. The Morgan fingerprint density at radius 2 is 2.00 bits per heavy atom. The van der Waals surface area contributed by atoms with Crippen molar-refractivity contribution in [1.29, 1.82) is 5.41 Å². The van der Waals surface area contributed by atoms with Gasteiger partial charge in [-0.2, -0.15) is 13.2 Å². The van der Waals surface area contributed by atoms with E-state index >= 15 is 0 Å². The maximum atomic E-state index is 13.1. The minimum atomic E-state index is -4.46. The number of hydrogen-bond acceptors (Lipinski definition) is 2. The summed E-state index contributed by atoms with van der Waals surface area (Å²) < 4.78 is 54.3. The van der Waals surface area contributed by atoms with Gasteiger partial charge in [0, 0.05) is 5.56 Å². The number of amidine groups is 1. The Kier molecular flexibility index (Phi) is 4.28. The van der Waals surface area contributed by atoms with E-state index in [1.807, 2.05) is 0 Å². The zero-order valence-corrected chi connectivity index (χ0v) is 9.51. The first-order valence-corrected chi connectivity index (χ1v) is 5.02. The lowest BCUT2D eigenvalue weighted by Crippen LogP contribution is -2.28. The Morgan fingerprint density at radius 3 is 2.50 bits per heavy atom. The number of hydrogen-bond donors (Lipinski definition) is 2. The summed E-state index contributed by atoms with van der Waals surface area (Å²) in [7, 11) is 0. The highest BCUT2D eigenvalue weighted by Gasteiger charge is 2.36. The van der Waals surface area contributed by atoms with Crippen LogP contribution in [-0.4, -0.2) is 18.1 Å². The molecule has 0 aliphatic carbocycles. The number of benzene rings is 1. The van der Waals surface area contributed by atoms with Crippen molar-refractivity contribution in [3.05, 3.63) is 35.1 Å². The van der Waals surface area contributed by atoms with Gasteiger partial charge in [-0.15, -0.1) is 0 Å². The van der Waals surface area contributed by atoms with E-state index in [0.29, 0.717) is 0 Å². The highest BCUT2D eigenvalue weighted by atomic mass is 19.4. The van der Waals surface area contributed by atoms with Crippen molar-refractivity contribution in [1.82, 2.24) is 0 Å². The summed E-state index contributed by atoms with van der Waals surface area (Å²) in [6.45, 7) is 0.462. The highest BCUT2D eigenvalue weighted by Crippen LogP contribution is 2.23. The molecule has 1 aromatic rings. The molecule has 1 rings (SSSR count). The van der Waals surface area contributed by atoms with Crippen molar-refractivity contribution >= 4 is 5.84 Å². The molecule has 0 aliphatic rings. The van der Waals surface area contributed by atoms with Crippen LogP contribution in [-0.2, 0) is 11.3 Å². The summed E-state index contributed by atoms with van der Waals surface area (Å²) in [6, 6.07) is 3.38. The maximum Gasteiger partial charge on any atom is 0.414 e. The molecule has 3 nitrogen and oxygen atoms in total. The number of halogens is 4. The van der Waals surface area contributed by atoms with E-state index in [4.69, 9.17) is 11.1 Å². The fraction of sp³-hybridized carbons (Fsp3) is 0.364. The van der Waals surface area contributed by atoms with E-state index in [9.17, 15) is 17.6 Å². The van der Waals surface area contributed by atoms with Gasteiger partial charge in [0.15, 0.2) is 6.10 Å². The molecular formula is C11H12F4N2O. The van der Waals surface area contributed by atoms with Gasteiger partial charge in [0.2, 0.25) is 0 Å². The summed E-state index contributed by atoms with van der Waals surface area (Å²) in [5, 5.41) is 7.13. The summed E-state index contributed by atoms with van der Waals surface area (Å²) in [4.78, 5) is 0. The van der Waals surface area contributed by atoms with Gasteiger partial charge >= 0.3 is 6.18 Å². The average molecular weight is 264 g/mol. The Morgan fingerprint density at radius 1 is 1.39 bits per heavy atom. The van der Waals surface area contributed by atoms with Gasteiger partial charge in [0.25, 0.3) is 0 Å². The molecule has 0 amide bonds. The van der Waals surface area contributed by atoms with Gasteiger partial charge in [-0.25, -0.2) is 4.39 Å². The first-order valence-electron chi connectivity index (χ1n) is 5.02. The van der Waals surface area contributed by atoms with Gasteiger partial charge in [0.1, 0.15) is 11.7 Å². The number of rotatable bonds is 4. The molecule has 0 saturated carbocycles. The summed E-state index contributed by atoms with van der Waals surface area (Å²) >= 11 is 0. The monoisotopic (exact) mass is 264 g/mol. The van der Waals surface area contributed by atoms with E-state index in [2.05, 4.69) is 4.74 Å². The van der Waals surface area contributed by atoms with Gasteiger partial charge in [-0.3, -0.25) is 5.41 Å². The Hall–Kier alpha value is -1.63. The van der Waals surface area contributed by atoms with E-state index in [1.54, 1.807) is 0 Å². The van der Waals surface area contributed by atoms with Crippen LogP contribution in [0.3, 0.4) is 0 Å². The number of nitrogen functional groups attached to an aromatic ring is 1. The molecule has 0 saturated heterocycles. The summed E-state index contributed by atoms with van der Waals surface area (Å²) in [5.41, 5.74) is 5.47. The van der Waals surface area contributed by atoms with E-state index in [0.717, 1.165) is 19.1 Å². The second kappa shape index (κ2) is 5.34. The Balaban J connectivity index is 2.77. The zero-order valence-electron chi connectivity index (χ0n) is 9.51. The lowest BCUT2D eigenvalue weighted by molar-refractivity contribution is -0.217. The molecule has 100 valence electrons. The maximum absolute atomic E-state index is 13.1. The van der Waals surface area contributed by atoms with Gasteiger partial charge in [0.05, 0.1) is 6.61 Å². The Bertz CT molecular complexity index is 445. The van der Waals surface area contributed by atoms with Crippen molar-refractivity contribution in [2.75, 3.05) is 0 Å². The van der Waals surface area contributed by atoms with Crippen LogP contribution in [0.2, 0.25) is 0 Å². The predicted molar refractivity (Wildman–Crippen MR) is 57.7 cm³/mol. The molecular weight excluding hydrogens is 252 g/mol. The third kappa shape index (κ3) is 3.99. The van der Waals surface area contributed by atoms with E-state index < -0.39 is 24.7 Å². The van der Waals surface area contributed by atoms with Crippen molar-refractivity contribution in [2.45, 2.75) is 25.8 Å². The summed E-state index contributed by atoms with van der Waals surface area (Å²) in [5.74, 6) is -1.04. The van der Waals surface area contributed by atoms with E-state index in [-0.39, 0.29) is 17.0 Å². The quantitative estimate of drug-likeness (QED) is 0.499. The van der Waals surface area contributed by atoms with Crippen LogP contribution in [0.1, 0.15) is 18.1 Å². The molecule has 0 spiro atoms. The molecule has 1 atom stereocenters. The second-order valence-electron chi connectivity index (χ2n) is 3.76. The van der Waals surface area contributed by atoms with Crippen molar-refractivity contribution < 1.29 is 22.3 Å². The smallest absolute Gasteiger partial charge is 0.384 e. The lowest BCUT2D eigenvalue weighted by Gasteiger charge is -2.16. The summed E-state index contributed by atoms with van der Waals surface area (Å²) in [6.07, 6.45) is -6.40. The molecule has 0 heterocycles. The second-order valence-corrected chi connectivity index (χ2v) is 3.76. The lowest BCUT2D eigenvalue weighted by atomic mass is 10.1. The van der Waals surface area contributed by atoms with Crippen LogP contribution in [0, 0.1) is 11.2 Å². The fourth-order valence-electron chi connectivity index (χ4n) is 1.20. The minimum Gasteiger partial charge on any atom is -0.384 e. The largest absolute Gasteiger partial charge is 0.414 e. The van der Waals surface area contributed by atoms with E-state index in [1.165, 1.54) is 6.07 Å². The SMILES string of the molecule is CC(OCc1cc(F)cc(C(=N)N)c1)C(F)(F)F. The van der Waals surface area contributed by atoms with Crippen LogP contribution in [0.15, 0.2) is 18.2 Å². The average Bonchev–Trinajstić information content (AvgIpc) is 2.23. The minimum absolute atomic E-state index is 0.105. The molecule has 0 aromatic heterocycles. The highest BCUT2D eigenvalue weighted by molar-refractivity contribution is 5.95. The van der Waals surface area contributed by atoms with Crippen LogP contribution >= 0.6 is 0 Å². The number of ether oxygens (including phenoxy) is 1. The van der Waals surface area contributed by atoms with Crippen LogP contribution in [0.25, 0.3) is 0 Å². The van der Waals surface area contributed by atoms with Crippen molar-refractivity contribution in [2.24, 2.45) is 5.73 Å². The Labute approximate surface area is 101 Å². The molecule has 0 bridgehead atoms. The predicted octanol–water partition coefficient (Wildman–Crippen LogP) is 2.58. The molecule has 3 N–H and O–H groups in total. The topological polar surface area (TPSA) is 59.1 Å². The third-order valence-electron chi connectivity index (χ3n) is 2.23. The normalized spacial score (nSPS) is 13.4. The number of nitrogens with one attached hydrogen (secondary N) is 1. The van der Waals surface area contributed by atoms with Gasteiger partial charge < -0.3 is 10.5 Å². The van der Waals surface area contributed by atoms with Crippen LogP contribution in [0.5, 0.6) is 0 Å². The molecule has 1 unspecified atom stereocenters. The first kappa shape index (κ1) is 14.4. The molecule has 18 heavy (non-hydrogen) atoms. The molecule has 0 aliphatic heterocycles. The van der Waals surface area contributed by atoms with Gasteiger partial charge in [-0.05, 0) is 30.7 Å². The zero-order chi connectivity index (χ0) is 13.9. The third-order valence-corrected chi connectivity index (χ3v) is 2.23. The van der Waals surface area contributed by atoms with Crippen molar-refractivity contribution in [3.8, 4) is 0 Å². The molecule has 7 heteroatoms. The van der Waals surface area contributed by atoms with Crippen LogP contribution in [0.4, 0.5) is 17.6 Å². The van der Waals surface area contributed by atoms with Crippen molar-refractivity contribution in [3.63, 3.8) is 0 Å². The molecule has 1 aromatic carbocycles.